The second kappa shape index (κ2) is 8.52. The lowest BCUT2D eigenvalue weighted by atomic mass is 10.1. The van der Waals surface area contributed by atoms with Gasteiger partial charge in [-0.1, -0.05) is 0 Å². The van der Waals surface area contributed by atoms with Gasteiger partial charge in [0.05, 0.1) is 31.2 Å². The summed E-state index contributed by atoms with van der Waals surface area (Å²) in [5, 5.41) is 6.50. The van der Waals surface area contributed by atoms with Crippen LogP contribution < -0.4 is 24.8 Å². The SMILES string of the molecule is COc1cc(CNC(=O)c2sc(NC(=O)C3CC3)cc2C)cc(OC)c1OC. The Morgan fingerprint density at radius 3 is 2.25 bits per heavy atom. The van der Waals surface area contributed by atoms with E-state index in [1.165, 1.54) is 11.3 Å². The maximum Gasteiger partial charge on any atom is 0.261 e. The molecule has 0 aliphatic heterocycles. The lowest BCUT2D eigenvalue weighted by Crippen LogP contribution is -2.22. The maximum atomic E-state index is 12.6. The number of hydrogen-bond acceptors (Lipinski definition) is 6. The number of carbonyl (C=O) groups is 2. The zero-order valence-electron chi connectivity index (χ0n) is 16.4. The van der Waals surface area contributed by atoms with Gasteiger partial charge in [0.15, 0.2) is 11.5 Å². The van der Waals surface area contributed by atoms with Crippen LogP contribution in [-0.2, 0) is 11.3 Å². The summed E-state index contributed by atoms with van der Waals surface area (Å²) < 4.78 is 16.0. The number of rotatable bonds is 8. The van der Waals surface area contributed by atoms with E-state index >= 15 is 0 Å². The highest BCUT2D eigenvalue weighted by Crippen LogP contribution is 2.38. The first-order chi connectivity index (χ1) is 13.5. The van der Waals surface area contributed by atoms with E-state index < -0.39 is 0 Å². The van der Waals surface area contributed by atoms with Gasteiger partial charge < -0.3 is 24.8 Å². The highest BCUT2D eigenvalue weighted by molar-refractivity contribution is 7.18. The maximum absolute atomic E-state index is 12.6. The van der Waals surface area contributed by atoms with Crippen molar-refractivity contribution in [2.75, 3.05) is 26.6 Å². The van der Waals surface area contributed by atoms with Crippen molar-refractivity contribution in [2.24, 2.45) is 5.92 Å². The molecule has 2 aromatic rings. The molecule has 150 valence electrons. The molecular formula is C20H24N2O5S. The average molecular weight is 404 g/mol. The molecule has 3 rings (SSSR count). The zero-order valence-corrected chi connectivity index (χ0v) is 17.2. The summed E-state index contributed by atoms with van der Waals surface area (Å²) in [5.41, 5.74) is 1.65. The molecule has 2 amide bonds. The van der Waals surface area contributed by atoms with E-state index in [9.17, 15) is 9.59 Å². The molecule has 1 aliphatic rings. The van der Waals surface area contributed by atoms with Gasteiger partial charge in [0.1, 0.15) is 0 Å². The third-order valence-corrected chi connectivity index (χ3v) is 5.65. The lowest BCUT2D eigenvalue weighted by molar-refractivity contribution is -0.117. The number of thiophene rings is 1. The first-order valence-corrected chi connectivity index (χ1v) is 9.76. The van der Waals surface area contributed by atoms with Gasteiger partial charge >= 0.3 is 0 Å². The number of methoxy groups -OCH3 is 3. The average Bonchev–Trinajstić information content (AvgIpc) is 3.48. The van der Waals surface area contributed by atoms with Crippen molar-refractivity contribution in [3.05, 3.63) is 34.2 Å². The Hall–Kier alpha value is -2.74. The summed E-state index contributed by atoms with van der Waals surface area (Å²) in [6.45, 7) is 2.16. The standard InChI is InChI=1S/C20H24N2O5S/c1-11-7-16(22-19(23)13-5-6-13)28-18(11)20(24)21-10-12-8-14(25-2)17(27-4)15(9-12)26-3/h7-9,13H,5-6,10H2,1-4H3,(H,21,24)(H,22,23). The topological polar surface area (TPSA) is 85.9 Å². The van der Waals surface area contributed by atoms with Crippen molar-refractivity contribution in [3.63, 3.8) is 0 Å². The van der Waals surface area contributed by atoms with Crippen LogP contribution in [0.5, 0.6) is 17.2 Å². The molecule has 1 aromatic carbocycles. The zero-order chi connectivity index (χ0) is 20.3. The van der Waals surface area contributed by atoms with Crippen LogP contribution in [-0.4, -0.2) is 33.1 Å². The van der Waals surface area contributed by atoms with Crippen LogP contribution in [0.3, 0.4) is 0 Å². The van der Waals surface area contributed by atoms with Gasteiger partial charge in [-0.05, 0) is 49.1 Å². The van der Waals surface area contributed by atoms with Gasteiger partial charge in [0.25, 0.3) is 5.91 Å². The normalized spacial score (nSPS) is 13.0. The minimum absolute atomic E-state index is 0.0330. The van der Waals surface area contributed by atoms with Gasteiger partial charge in [-0.15, -0.1) is 11.3 Å². The fraction of sp³-hybridized carbons (Fsp3) is 0.400. The molecule has 7 nitrogen and oxygen atoms in total. The van der Waals surface area contributed by atoms with Gasteiger partial charge in [0, 0.05) is 12.5 Å². The third kappa shape index (κ3) is 4.39. The second-order valence-corrected chi connectivity index (χ2v) is 7.65. The Kier molecular flexibility index (Phi) is 6.08. The molecule has 1 saturated carbocycles. The summed E-state index contributed by atoms with van der Waals surface area (Å²) in [7, 11) is 4.64. The van der Waals surface area contributed by atoms with Crippen molar-refractivity contribution in [2.45, 2.75) is 26.3 Å². The van der Waals surface area contributed by atoms with Crippen molar-refractivity contribution < 1.29 is 23.8 Å². The van der Waals surface area contributed by atoms with Gasteiger partial charge in [-0.2, -0.15) is 0 Å². The van der Waals surface area contributed by atoms with Crippen LogP contribution in [0.1, 0.15) is 33.6 Å². The van der Waals surface area contributed by atoms with Crippen LogP contribution in [0.2, 0.25) is 0 Å². The monoisotopic (exact) mass is 404 g/mol. The molecule has 1 aliphatic carbocycles. The van der Waals surface area contributed by atoms with E-state index in [1.807, 2.05) is 13.0 Å². The van der Waals surface area contributed by atoms with E-state index in [1.54, 1.807) is 33.5 Å². The van der Waals surface area contributed by atoms with Crippen molar-refractivity contribution in [1.82, 2.24) is 5.32 Å². The van der Waals surface area contributed by atoms with Crippen LogP contribution in [0.15, 0.2) is 18.2 Å². The van der Waals surface area contributed by atoms with Crippen LogP contribution in [0.25, 0.3) is 0 Å². The Bertz CT molecular complexity index is 864. The predicted molar refractivity (Wildman–Crippen MR) is 108 cm³/mol. The first kappa shape index (κ1) is 20.0. The highest BCUT2D eigenvalue weighted by Gasteiger charge is 2.30. The Morgan fingerprint density at radius 2 is 1.71 bits per heavy atom. The number of nitrogens with one attached hydrogen (secondary N) is 2. The largest absolute Gasteiger partial charge is 0.493 e. The highest BCUT2D eigenvalue weighted by atomic mass is 32.1. The Labute approximate surface area is 168 Å². The molecular weight excluding hydrogens is 380 g/mol. The number of aryl methyl sites for hydroxylation is 1. The number of amides is 2. The molecule has 2 N–H and O–H groups in total. The molecule has 28 heavy (non-hydrogen) atoms. The fourth-order valence-electron chi connectivity index (χ4n) is 2.84. The summed E-state index contributed by atoms with van der Waals surface area (Å²) in [4.78, 5) is 25.1. The molecule has 0 unspecified atom stereocenters. The number of hydrogen-bond donors (Lipinski definition) is 2. The fourth-order valence-corrected chi connectivity index (χ4v) is 3.83. The van der Waals surface area contributed by atoms with Crippen LogP contribution in [0.4, 0.5) is 5.00 Å². The van der Waals surface area contributed by atoms with E-state index in [2.05, 4.69) is 10.6 Å². The van der Waals surface area contributed by atoms with Crippen LogP contribution >= 0.6 is 11.3 Å². The molecule has 0 bridgehead atoms. The summed E-state index contributed by atoms with van der Waals surface area (Å²) in [6.07, 6.45) is 1.89. The number of anilines is 1. The van der Waals surface area contributed by atoms with Crippen molar-refractivity contribution in [3.8, 4) is 17.2 Å². The first-order valence-electron chi connectivity index (χ1n) is 8.95. The molecule has 0 atom stereocenters. The molecule has 8 heteroatoms. The third-order valence-electron chi connectivity index (χ3n) is 4.50. The lowest BCUT2D eigenvalue weighted by Gasteiger charge is -2.14. The Balaban J connectivity index is 1.68. The minimum Gasteiger partial charge on any atom is -0.493 e. The van der Waals surface area contributed by atoms with Gasteiger partial charge in [-0.3, -0.25) is 9.59 Å². The Morgan fingerprint density at radius 1 is 1.07 bits per heavy atom. The number of carbonyl (C=O) groups excluding carboxylic acids is 2. The predicted octanol–water partition coefficient (Wildman–Crippen LogP) is 3.36. The summed E-state index contributed by atoms with van der Waals surface area (Å²) >= 11 is 1.28. The van der Waals surface area contributed by atoms with Gasteiger partial charge in [-0.25, -0.2) is 0 Å². The molecule has 1 fully saturated rings. The van der Waals surface area contributed by atoms with E-state index in [4.69, 9.17) is 14.2 Å². The summed E-state index contributed by atoms with van der Waals surface area (Å²) in [6, 6.07) is 5.42. The smallest absolute Gasteiger partial charge is 0.261 e. The summed E-state index contributed by atoms with van der Waals surface area (Å²) in [5.74, 6) is 1.53. The molecule has 0 radical (unpaired) electrons. The van der Waals surface area contributed by atoms with E-state index in [-0.39, 0.29) is 17.7 Å². The van der Waals surface area contributed by atoms with Crippen molar-refractivity contribution >= 4 is 28.2 Å². The molecule has 1 aromatic heterocycles. The van der Waals surface area contributed by atoms with Crippen LogP contribution in [0, 0.1) is 12.8 Å². The second-order valence-electron chi connectivity index (χ2n) is 6.60. The molecule has 0 saturated heterocycles. The van der Waals surface area contributed by atoms with E-state index in [0.717, 1.165) is 24.0 Å². The van der Waals surface area contributed by atoms with Crippen molar-refractivity contribution in [1.29, 1.82) is 0 Å². The molecule has 1 heterocycles. The number of ether oxygens (including phenoxy) is 3. The minimum atomic E-state index is -0.192. The number of benzene rings is 1. The van der Waals surface area contributed by atoms with E-state index in [0.29, 0.717) is 33.7 Å². The van der Waals surface area contributed by atoms with Gasteiger partial charge in [0.2, 0.25) is 11.7 Å². The molecule has 0 spiro atoms. The quantitative estimate of drug-likeness (QED) is 0.705.